The molecular weight excluding hydrogens is 444 g/mol. The average molecular weight is 473 g/mol. The minimum Gasteiger partial charge on any atom is -0.275 e. The first kappa shape index (κ1) is 21.4. The van der Waals surface area contributed by atoms with E-state index in [0.717, 1.165) is 28.5 Å². The summed E-state index contributed by atoms with van der Waals surface area (Å²) < 4.78 is 30.2. The molecule has 1 fully saturated rings. The molecule has 0 aliphatic heterocycles. The van der Waals surface area contributed by atoms with Crippen molar-refractivity contribution in [1.29, 1.82) is 0 Å². The molecule has 6 rings (SSSR count). The van der Waals surface area contributed by atoms with Gasteiger partial charge in [0.2, 0.25) is 0 Å². The molecule has 1 saturated carbocycles. The Balaban J connectivity index is 1.58. The van der Waals surface area contributed by atoms with Crippen molar-refractivity contribution in [3.63, 3.8) is 0 Å². The topological polar surface area (TPSA) is 69.8 Å². The minimum absolute atomic E-state index is 0.0835. The zero-order valence-corrected chi connectivity index (χ0v) is 20.7. The molecule has 0 N–H and O–H groups in total. The van der Waals surface area contributed by atoms with Gasteiger partial charge < -0.3 is 0 Å². The third-order valence-electron chi connectivity index (χ3n) is 8.51. The molecule has 2 aliphatic rings. The first-order valence-electron chi connectivity index (χ1n) is 11.7. The van der Waals surface area contributed by atoms with Crippen molar-refractivity contribution in [2.45, 2.75) is 38.5 Å². The second kappa shape index (κ2) is 6.92. The summed E-state index contributed by atoms with van der Waals surface area (Å²) in [6.45, 7) is 7.09. The van der Waals surface area contributed by atoms with Crippen LogP contribution >= 0.6 is 0 Å². The maximum Gasteiger partial charge on any atom is 0.269 e. The van der Waals surface area contributed by atoms with Gasteiger partial charge in [0.25, 0.3) is 10.0 Å². The normalized spacial score (nSPS) is 23.5. The number of hydrogen-bond acceptors (Lipinski definition) is 4. The largest absolute Gasteiger partial charge is 0.275 e. The van der Waals surface area contributed by atoms with Crippen LogP contribution in [-0.4, -0.2) is 27.2 Å². The van der Waals surface area contributed by atoms with Crippen molar-refractivity contribution >= 4 is 26.6 Å². The molecule has 3 heterocycles. The SMILES string of the molecule is Cn1cc(-c2cn(S(=O)(=O)c3ccccc3)c3ncc(C4=CC5CC[C@@]4(C)C5(C)C)cc23)cn1. The van der Waals surface area contributed by atoms with Crippen molar-refractivity contribution < 1.29 is 8.42 Å². The van der Waals surface area contributed by atoms with Crippen LogP contribution in [0.4, 0.5) is 0 Å². The number of nitrogens with zero attached hydrogens (tertiary/aromatic N) is 4. The number of rotatable bonds is 4. The van der Waals surface area contributed by atoms with Crippen LogP contribution in [0.3, 0.4) is 0 Å². The van der Waals surface area contributed by atoms with Crippen LogP contribution in [0.5, 0.6) is 0 Å². The Morgan fingerprint density at radius 1 is 1.03 bits per heavy atom. The average Bonchev–Trinajstić information content (AvgIpc) is 3.52. The van der Waals surface area contributed by atoms with Crippen LogP contribution in [0.2, 0.25) is 0 Å². The monoisotopic (exact) mass is 472 g/mol. The molecule has 1 aromatic carbocycles. The van der Waals surface area contributed by atoms with Gasteiger partial charge in [-0.3, -0.25) is 4.68 Å². The highest BCUT2D eigenvalue weighted by Gasteiger charge is 2.57. The van der Waals surface area contributed by atoms with E-state index in [9.17, 15) is 8.42 Å². The summed E-state index contributed by atoms with van der Waals surface area (Å²) in [6.07, 6.45) is 12.0. The highest BCUT2D eigenvalue weighted by molar-refractivity contribution is 7.90. The third-order valence-corrected chi connectivity index (χ3v) is 10.2. The van der Waals surface area contributed by atoms with E-state index < -0.39 is 10.0 Å². The van der Waals surface area contributed by atoms with Gasteiger partial charge in [0, 0.05) is 42.2 Å². The van der Waals surface area contributed by atoms with Gasteiger partial charge in [-0.05, 0) is 58.9 Å². The number of hydrogen-bond donors (Lipinski definition) is 0. The maximum atomic E-state index is 13.6. The predicted octanol–water partition coefficient (Wildman–Crippen LogP) is 5.51. The van der Waals surface area contributed by atoms with Crippen LogP contribution in [0.15, 0.2) is 72.2 Å². The van der Waals surface area contributed by atoms with E-state index in [1.807, 2.05) is 25.5 Å². The van der Waals surface area contributed by atoms with Crippen molar-refractivity contribution in [3.8, 4) is 11.1 Å². The van der Waals surface area contributed by atoms with Crippen LogP contribution in [-0.2, 0) is 17.1 Å². The van der Waals surface area contributed by atoms with E-state index in [4.69, 9.17) is 4.98 Å². The van der Waals surface area contributed by atoms with Crippen molar-refractivity contribution in [2.75, 3.05) is 0 Å². The zero-order chi connectivity index (χ0) is 23.9. The molecule has 0 radical (unpaired) electrons. The summed E-state index contributed by atoms with van der Waals surface area (Å²) in [5.41, 5.74) is 4.79. The van der Waals surface area contributed by atoms with Gasteiger partial charge in [0.1, 0.15) is 0 Å². The lowest BCUT2D eigenvalue weighted by molar-refractivity contribution is 0.189. The number of aromatic nitrogens is 4. The molecule has 2 bridgehead atoms. The van der Waals surface area contributed by atoms with E-state index >= 15 is 0 Å². The molecule has 2 aliphatic carbocycles. The lowest BCUT2D eigenvalue weighted by Crippen LogP contribution is -2.29. The molecular formula is C27H28N4O2S. The number of benzene rings is 1. The van der Waals surface area contributed by atoms with E-state index in [1.54, 1.807) is 41.3 Å². The fourth-order valence-electron chi connectivity index (χ4n) is 6.02. The molecule has 0 amide bonds. The highest BCUT2D eigenvalue weighted by Crippen LogP contribution is 2.67. The predicted molar refractivity (Wildman–Crippen MR) is 134 cm³/mol. The molecule has 2 atom stereocenters. The second-order valence-electron chi connectivity index (χ2n) is 10.4. The molecule has 0 saturated heterocycles. The van der Waals surface area contributed by atoms with Gasteiger partial charge in [0.15, 0.2) is 5.65 Å². The highest BCUT2D eigenvalue weighted by atomic mass is 32.2. The summed E-state index contributed by atoms with van der Waals surface area (Å²) in [4.78, 5) is 4.99. The fraction of sp³-hybridized carbons (Fsp3) is 0.333. The lowest BCUT2D eigenvalue weighted by Gasteiger charge is -2.37. The van der Waals surface area contributed by atoms with Gasteiger partial charge in [-0.1, -0.05) is 45.0 Å². The van der Waals surface area contributed by atoms with Crippen LogP contribution in [0.25, 0.3) is 27.7 Å². The van der Waals surface area contributed by atoms with E-state index in [-0.39, 0.29) is 15.7 Å². The molecule has 4 aromatic rings. The summed E-state index contributed by atoms with van der Waals surface area (Å²) in [5.74, 6) is 0.559. The Morgan fingerprint density at radius 3 is 2.41 bits per heavy atom. The Bertz CT molecular complexity index is 1580. The van der Waals surface area contributed by atoms with Crippen LogP contribution in [0.1, 0.15) is 39.2 Å². The summed E-state index contributed by atoms with van der Waals surface area (Å²) in [7, 11) is -1.95. The second-order valence-corrected chi connectivity index (χ2v) is 12.2. The maximum absolute atomic E-state index is 13.6. The fourth-order valence-corrected chi connectivity index (χ4v) is 7.36. The Kier molecular flexibility index (Phi) is 4.34. The minimum atomic E-state index is -3.80. The first-order chi connectivity index (χ1) is 16.1. The summed E-state index contributed by atoms with van der Waals surface area (Å²) in [5, 5.41) is 5.13. The molecule has 34 heavy (non-hydrogen) atoms. The van der Waals surface area contributed by atoms with Gasteiger partial charge in [-0.2, -0.15) is 5.10 Å². The summed E-state index contributed by atoms with van der Waals surface area (Å²) in [6, 6.07) is 10.6. The van der Waals surface area contributed by atoms with Crippen molar-refractivity contribution in [1.82, 2.24) is 18.7 Å². The molecule has 0 spiro atoms. The van der Waals surface area contributed by atoms with Crippen molar-refractivity contribution in [3.05, 3.63) is 72.8 Å². The molecule has 1 unspecified atom stereocenters. The van der Waals surface area contributed by atoms with Gasteiger partial charge >= 0.3 is 0 Å². The lowest BCUT2D eigenvalue weighted by atomic mass is 9.66. The molecule has 174 valence electrons. The van der Waals surface area contributed by atoms with Gasteiger partial charge in [0.05, 0.1) is 11.1 Å². The molecule has 6 nitrogen and oxygen atoms in total. The van der Waals surface area contributed by atoms with Crippen LogP contribution < -0.4 is 0 Å². The van der Waals surface area contributed by atoms with Gasteiger partial charge in [-0.25, -0.2) is 17.4 Å². The standard InChI is InChI=1S/C27H28N4O2S/c1-26(2)20-10-11-27(26,3)24(13-20)18-12-22-23(19-15-29-30(4)16-19)17-31(25(22)28-14-18)34(32,33)21-8-6-5-7-9-21/h5-9,12-17,20H,10-11H2,1-4H3/t20?,27-/m1/s1. The molecule has 3 aromatic heterocycles. The third kappa shape index (κ3) is 2.76. The van der Waals surface area contributed by atoms with E-state index in [1.165, 1.54) is 16.0 Å². The molecule has 7 heteroatoms. The van der Waals surface area contributed by atoms with E-state index in [2.05, 4.69) is 38.0 Å². The number of pyridine rings is 1. The quantitative estimate of drug-likeness (QED) is 0.392. The Morgan fingerprint density at radius 2 is 1.79 bits per heavy atom. The Labute approximate surface area is 200 Å². The zero-order valence-electron chi connectivity index (χ0n) is 19.9. The van der Waals surface area contributed by atoms with Gasteiger partial charge in [-0.15, -0.1) is 0 Å². The number of allylic oxidation sites excluding steroid dienone is 2. The van der Waals surface area contributed by atoms with Crippen LogP contribution in [0, 0.1) is 16.7 Å². The summed E-state index contributed by atoms with van der Waals surface area (Å²) >= 11 is 0. The number of fused-ring (bicyclic) bond motifs is 3. The number of aryl methyl sites for hydroxylation is 1. The first-order valence-corrected chi connectivity index (χ1v) is 13.1. The van der Waals surface area contributed by atoms with Crippen molar-refractivity contribution in [2.24, 2.45) is 23.8 Å². The smallest absolute Gasteiger partial charge is 0.269 e. The Hall–Kier alpha value is -3.19. The van der Waals surface area contributed by atoms with E-state index in [0.29, 0.717) is 11.6 Å².